The van der Waals surface area contributed by atoms with Gasteiger partial charge in [-0.05, 0) is 20.3 Å². The number of nitrogens with one attached hydrogen (secondary N) is 1. The fourth-order valence-corrected chi connectivity index (χ4v) is 3.23. The van der Waals surface area contributed by atoms with Crippen molar-refractivity contribution in [2.45, 2.75) is 117 Å². The van der Waals surface area contributed by atoms with Gasteiger partial charge in [0, 0.05) is 12.1 Å². The molecule has 0 aliphatic heterocycles. The summed E-state index contributed by atoms with van der Waals surface area (Å²) in [5.74, 6) is 1.18. The first-order valence-corrected chi connectivity index (χ1v) is 10.3. The zero-order chi connectivity index (χ0) is 16.8. The van der Waals surface area contributed by atoms with Crippen molar-refractivity contribution >= 4 is 0 Å². The smallest absolute Gasteiger partial charge is 0.106 e. The summed E-state index contributed by atoms with van der Waals surface area (Å²) in [6, 6.07) is 0. The molecule has 0 fully saturated rings. The summed E-state index contributed by atoms with van der Waals surface area (Å²) < 4.78 is 0. The molecule has 0 aromatic carbocycles. The third kappa shape index (κ3) is 10.6. The zero-order valence-corrected chi connectivity index (χ0v) is 16.1. The Kier molecular flexibility index (Phi) is 12.0. The minimum absolute atomic E-state index is 1.12. The van der Waals surface area contributed by atoms with Gasteiger partial charge in [-0.15, -0.1) is 0 Å². The molecule has 23 heavy (non-hydrogen) atoms. The van der Waals surface area contributed by atoms with Crippen LogP contribution in [-0.2, 0) is 6.42 Å². The minimum atomic E-state index is 1.12. The van der Waals surface area contributed by atoms with E-state index in [1.165, 1.54) is 101 Å². The van der Waals surface area contributed by atoms with Crippen LogP contribution in [0.3, 0.4) is 0 Å². The fraction of sp³-hybridized carbons (Fsp3) is 0.857. The average molecular weight is 321 g/mol. The summed E-state index contributed by atoms with van der Waals surface area (Å²) in [7, 11) is 0. The van der Waals surface area contributed by atoms with Gasteiger partial charge in [0.05, 0.1) is 5.69 Å². The van der Waals surface area contributed by atoms with Crippen molar-refractivity contribution in [3.05, 3.63) is 17.2 Å². The lowest BCUT2D eigenvalue weighted by Crippen LogP contribution is -1.89. The van der Waals surface area contributed by atoms with Crippen LogP contribution in [-0.4, -0.2) is 9.97 Å². The molecule has 0 radical (unpaired) electrons. The Balaban J connectivity index is 1.78. The Morgan fingerprint density at radius 3 is 1.48 bits per heavy atom. The van der Waals surface area contributed by atoms with Gasteiger partial charge in [-0.1, -0.05) is 90.4 Å². The lowest BCUT2D eigenvalue weighted by Gasteiger charge is -2.03. The van der Waals surface area contributed by atoms with Crippen LogP contribution >= 0.6 is 0 Å². The number of aromatic amines is 1. The third-order valence-electron chi connectivity index (χ3n) is 4.94. The lowest BCUT2D eigenvalue weighted by molar-refractivity contribution is 0.534. The molecule has 1 aromatic heterocycles. The van der Waals surface area contributed by atoms with E-state index in [1.54, 1.807) is 0 Å². The van der Waals surface area contributed by atoms with Crippen LogP contribution in [0.25, 0.3) is 0 Å². The molecule has 0 spiro atoms. The first-order valence-electron chi connectivity index (χ1n) is 10.3. The lowest BCUT2D eigenvalue weighted by atomic mass is 10.0. The number of aromatic nitrogens is 2. The molecule has 0 unspecified atom stereocenters. The van der Waals surface area contributed by atoms with Crippen molar-refractivity contribution in [3.8, 4) is 0 Å². The van der Waals surface area contributed by atoms with E-state index in [-0.39, 0.29) is 0 Å². The number of hydrogen-bond acceptors (Lipinski definition) is 1. The standard InChI is InChI=1S/C21H40N2/c1-4-5-6-7-8-9-10-11-12-13-14-15-16-17-18-21-22-19(2)20(3)23-21/h4-18H2,1-3H3,(H,22,23). The highest BCUT2D eigenvalue weighted by Crippen LogP contribution is 2.13. The summed E-state index contributed by atoms with van der Waals surface area (Å²) in [4.78, 5) is 7.93. The van der Waals surface area contributed by atoms with Crippen molar-refractivity contribution < 1.29 is 0 Å². The van der Waals surface area contributed by atoms with Crippen molar-refractivity contribution in [3.63, 3.8) is 0 Å². The SMILES string of the molecule is CCCCCCCCCCCCCCCCc1nc(C)c(C)[nH]1. The fourth-order valence-electron chi connectivity index (χ4n) is 3.23. The Labute approximate surface area is 144 Å². The first-order chi connectivity index (χ1) is 11.2. The second-order valence-corrected chi connectivity index (χ2v) is 7.24. The van der Waals surface area contributed by atoms with Gasteiger partial charge in [-0.2, -0.15) is 0 Å². The maximum atomic E-state index is 4.55. The van der Waals surface area contributed by atoms with Gasteiger partial charge in [0.2, 0.25) is 0 Å². The van der Waals surface area contributed by atoms with E-state index in [2.05, 4.69) is 30.7 Å². The Bertz CT molecular complexity index is 362. The van der Waals surface area contributed by atoms with Gasteiger partial charge < -0.3 is 4.98 Å². The van der Waals surface area contributed by atoms with Crippen molar-refractivity contribution in [2.75, 3.05) is 0 Å². The van der Waals surface area contributed by atoms with E-state index in [0.717, 1.165) is 12.1 Å². The number of hydrogen-bond donors (Lipinski definition) is 1. The number of aryl methyl sites for hydroxylation is 3. The van der Waals surface area contributed by atoms with Crippen molar-refractivity contribution in [2.24, 2.45) is 0 Å². The Morgan fingerprint density at radius 2 is 1.09 bits per heavy atom. The largest absolute Gasteiger partial charge is 0.346 e. The summed E-state index contributed by atoms with van der Waals surface area (Å²) >= 11 is 0. The quantitative estimate of drug-likeness (QED) is 0.344. The molecule has 1 aromatic rings. The first kappa shape index (κ1) is 20.3. The van der Waals surface area contributed by atoms with E-state index < -0.39 is 0 Å². The average Bonchev–Trinajstić information content (AvgIpc) is 2.86. The van der Waals surface area contributed by atoms with E-state index in [1.807, 2.05) is 0 Å². The van der Waals surface area contributed by atoms with Crippen molar-refractivity contribution in [1.82, 2.24) is 9.97 Å². The molecule has 0 bridgehead atoms. The Morgan fingerprint density at radius 1 is 0.652 bits per heavy atom. The highest BCUT2D eigenvalue weighted by molar-refractivity contribution is 5.10. The third-order valence-corrected chi connectivity index (χ3v) is 4.94. The maximum absolute atomic E-state index is 4.55. The molecule has 0 amide bonds. The van der Waals surface area contributed by atoms with Gasteiger partial charge in [-0.25, -0.2) is 4.98 Å². The van der Waals surface area contributed by atoms with Gasteiger partial charge >= 0.3 is 0 Å². The summed E-state index contributed by atoms with van der Waals surface area (Å²) in [5, 5.41) is 0. The van der Waals surface area contributed by atoms with Crippen LogP contribution in [0.5, 0.6) is 0 Å². The second kappa shape index (κ2) is 13.6. The number of H-pyrrole nitrogens is 1. The second-order valence-electron chi connectivity index (χ2n) is 7.24. The highest BCUT2D eigenvalue weighted by Gasteiger charge is 2.01. The molecular formula is C21H40N2. The van der Waals surface area contributed by atoms with Crippen LogP contribution in [0.4, 0.5) is 0 Å². The molecule has 1 N–H and O–H groups in total. The summed E-state index contributed by atoms with van der Waals surface area (Å²) in [6.45, 7) is 6.48. The van der Waals surface area contributed by atoms with E-state index in [9.17, 15) is 0 Å². The zero-order valence-electron chi connectivity index (χ0n) is 16.1. The molecule has 2 nitrogen and oxygen atoms in total. The van der Waals surface area contributed by atoms with E-state index in [0.29, 0.717) is 0 Å². The summed E-state index contributed by atoms with van der Waals surface area (Å²) in [5.41, 5.74) is 2.38. The molecule has 0 saturated heterocycles. The molecule has 0 aliphatic carbocycles. The molecule has 0 atom stereocenters. The van der Waals surface area contributed by atoms with Crippen LogP contribution in [0.2, 0.25) is 0 Å². The number of rotatable bonds is 15. The molecule has 1 rings (SSSR count). The molecule has 0 aliphatic rings. The Hall–Kier alpha value is -0.790. The van der Waals surface area contributed by atoms with E-state index >= 15 is 0 Å². The van der Waals surface area contributed by atoms with E-state index in [4.69, 9.17) is 0 Å². The van der Waals surface area contributed by atoms with Crippen LogP contribution in [0.15, 0.2) is 0 Å². The highest BCUT2D eigenvalue weighted by atomic mass is 14.9. The number of imidazole rings is 1. The maximum Gasteiger partial charge on any atom is 0.106 e. The summed E-state index contributed by atoms with van der Waals surface area (Å²) in [6.07, 6.45) is 21.0. The van der Waals surface area contributed by atoms with Gasteiger partial charge in [0.15, 0.2) is 0 Å². The molecule has 1 heterocycles. The normalized spacial score (nSPS) is 11.3. The molecule has 0 saturated carbocycles. The number of nitrogens with zero attached hydrogens (tertiary/aromatic N) is 1. The topological polar surface area (TPSA) is 28.7 Å². The predicted octanol–water partition coefficient (Wildman–Crippen LogP) is 7.05. The molecule has 134 valence electrons. The van der Waals surface area contributed by atoms with Gasteiger partial charge in [-0.3, -0.25) is 0 Å². The van der Waals surface area contributed by atoms with Crippen LogP contribution in [0.1, 0.15) is 114 Å². The monoisotopic (exact) mass is 320 g/mol. The van der Waals surface area contributed by atoms with Gasteiger partial charge in [0.1, 0.15) is 5.82 Å². The molecule has 2 heteroatoms. The van der Waals surface area contributed by atoms with Gasteiger partial charge in [0.25, 0.3) is 0 Å². The minimum Gasteiger partial charge on any atom is -0.346 e. The van der Waals surface area contributed by atoms with Crippen LogP contribution in [0, 0.1) is 13.8 Å². The van der Waals surface area contributed by atoms with Crippen LogP contribution < -0.4 is 0 Å². The van der Waals surface area contributed by atoms with Crippen molar-refractivity contribution in [1.29, 1.82) is 0 Å². The molecular weight excluding hydrogens is 280 g/mol. The predicted molar refractivity (Wildman–Crippen MR) is 102 cm³/mol. The number of unbranched alkanes of at least 4 members (excludes halogenated alkanes) is 13.